The number of Topliss-reactive ketones (excluding diaryl/α,β-unsaturated/α-hetero) is 1. The molecule has 290 valence electrons. The van der Waals surface area contributed by atoms with Crippen LogP contribution in [0.4, 0.5) is 37.7 Å². The standard InChI is InChI=1S/C44H36Br2F6N2O2/c1-41(2)31-15-13-27(43(47,48)49)21-35(31)53(19-17-25-9-5-7-11-33(25)45)37(41)23-29-39(55)30(40(29)56)24-38-42(3,4)32-16-14-28(44(50,51)52)22-36(32)54(38)20-18-26-10-6-8-12-34(26)46/h5-16,21-24H,17-20H2,1-4H3/p+1. The molecule has 12 heteroatoms. The van der Waals surface area contributed by atoms with E-state index in [4.69, 9.17) is 0 Å². The SMILES string of the molecule is CC1(C)C(/C=C2\C(=O)C(/C=C3\N(CCc4ccccc4Br)c4cc(C(F)(F)F)ccc4C3(C)C)=C2O)=[N+](CCc2ccccc2Br)c2cc(C(F)(F)F)ccc21. The van der Waals surface area contributed by atoms with Crippen LogP contribution >= 0.6 is 31.9 Å². The smallest absolute Gasteiger partial charge is 0.416 e. The van der Waals surface area contributed by atoms with Crippen LogP contribution in [0.1, 0.15) is 61.1 Å². The third kappa shape index (κ3) is 6.97. The van der Waals surface area contributed by atoms with Crippen LogP contribution in [0.25, 0.3) is 0 Å². The lowest BCUT2D eigenvalue weighted by Gasteiger charge is -2.29. The summed E-state index contributed by atoms with van der Waals surface area (Å²) in [6, 6.07) is 22.4. The number of fused-ring (bicyclic) bond motifs is 2. The van der Waals surface area contributed by atoms with E-state index in [1.807, 2.05) is 76.2 Å². The molecular weight excluding hydrogens is 862 g/mol. The number of anilines is 1. The molecule has 0 atom stereocenters. The van der Waals surface area contributed by atoms with Crippen molar-refractivity contribution in [3.63, 3.8) is 0 Å². The maximum Gasteiger partial charge on any atom is 0.416 e. The third-order valence-electron chi connectivity index (χ3n) is 11.1. The van der Waals surface area contributed by atoms with Gasteiger partial charge in [-0.25, -0.2) is 0 Å². The van der Waals surface area contributed by atoms with Crippen molar-refractivity contribution in [1.82, 2.24) is 0 Å². The minimum atomic E-state index is -4.57. The molecule has 0 amide bonds. The van der Waals surface area contributed by atoms with Gasteiger partial charge < -0.3 is 10.0 Å². The Balaban J connectivity index is 1.32. The number of aliphatic hydroxyl groups excluding tert-OH is 1. The van der Waals surface area contributed by atoms with Gasteiger partial charge in [-0.3, -0.25) is 4.79 Å². The number of benzene rings is 4. The number of aliphatic hydroxyl groups is 1. The zero-order valence-electron chi connectivity index (χ0n) is 30.8. The number of nitrogens with zero attached hydrogens (tertiary/aromatic N) is 2. The first-order valence-electron chi connectivity index (χ1n) is 18.0. The molecule has 0 saturated carbocycles. The predicted molar refractivity (Wildman–Crippen MR) is 213 cm³/mol. The van der Waals surface area contributed by atoms with Crippen molar-refractivity contribution >= 4 is 54.7 Å². The van der Waals surface area contributed by atoms with Gasteiger partial charge in [0.15, 0.2) is 12.3 Å². The van der Waals surface area contributed by atoms with E-state index in [0.717, 1.165) is 44.3 Å². The molecule has 56 heavy (non-hydrogen) atoms. The van der Waals surface area contributed by atoms with Gasteiger partial charge in [0.2, 0.25) is 11.5 Å². The van der Waals surface area contributed by atoms with Crippen LogP contribution < -0.4 is 4.90 Å². The van der Waals surface area contributed by atoms with Crippen LogP contribution in [0.3, 0.4) is 0 Å². The fraction of sp³-hybridized carbons (Fsp3) is 0.273. The van der Waals surface area contributed by atoms with E-state index < -0.39 is 40.1 Å². The Morgan fingerprint density at radius 2 is 1.29 bits per heavy atom. The fourth-order valence-corrected chi connectivity index (χ4v) is 8.95. The van der Waals surface area contributed by atoms with Gasteiger partial charge in [0.05, 0.1) is 27.7 Å². The van der Waals surface area contributed by atoms with Crippen molar-refractivity contribution in [2.45, 2.75) is 63.7 Å². The quantitative estimate of drug-likeness (QED) is 0.109. The number of rotatable bonds is 8. The molecule has 4 aromatic carbocycles. The van der Waals surface area contributed by atoms with Gasteiger partial charge in [-0.05, 0) is 73.4 Å². The monoisotopic (exact) mass is 897 g/mol. The molecule has 0 spiro atoms. The van der Waals surface area contributed by atoms with Crippen molar-refractivity contribution in [3.8, 4) is 0 Å². The summed E-state index contributed by atoms with van der Waals surface area (Å²) in [5, 5.41) is 11.6. The average Bonchev–Trinajstić information content (AvgIpc) is 3.48. The normalized spacial score (nSPS) is 18.9. The summed E-state index contributed by atoms with van der Waals surface area (Å²) in [5.41, 5.74) is 1.73. The molecule has 4 aromatic rings. The summed E-state index contributed by atoms with van der Waals surface area (Å²) >= 11 is 7.12. The molecular formula is C44H37Br2F6N2O2+. The highest BCUT2D eigenvalue weighted by molar-refractivity contribution is 9.10. The maximum absolute atomic E-state index is 14.1. The van der Waals surface area contributed by atoms with E-state index in [0.29, 0.717) is 46.8 Å². The molecule has 2 heterocycles. The van der Waals surface area contributed by atoms with E-state index >= 15 is 0 Å². The van der Waals surface area contributed by atoms with E-state index in [9.17, 15) is 36.2 Å². The number of carbonyl (C=O) groups is 1. The van der Waals surface area contributed by atoms with Crippen LogP contribution in [0.2, 0.25) is 0 Å². The number of carbonyl (C=O) groups excluding carboxylic acids is 1. The molecule has 0 radical (unpaired) electrons. The van der Waals surface area contributed by atoms with Gasteiger partial charge in [0, 0.05) is 56.4 Å². The van der Waals surface area contributed by atoms with Crippen molar-refractivity contribution in [2.75, 3.05) is 18.0 Å². The lowest BCUT2D eigenvalue weighted by molar-refractivity contribution is -0.437. The highest BCUT2D eigenvalue weighted by Crippen LogP contribution is 2.51. The number of hydrogen-bond acceptors (Lipinski definition) is 3. The Bertz CT molecular complexity index is 2420. The van der Waals surface area contributed by atoms with E-state index in [2.05, 4.69) is 31.9 Å². The molecule has 0 unspecified atom stereocenters. The van der Waals surface area contributed by atoms with Crippen LogP contribution in [0.5, 0.6) is 0 Å². The predicted octanol–water partition coefficient (Wildman–Crippen LogP) is 12.1. The summed E-state index contributed by atoms with van der Waals surface area (Å²) in [7, 11) is 0. The second kappa shape index (κ2) is 14.2. The minimum absolute atomic E-state index is 0.00195. The molecule has 7 rings (SSSR count). The van der Waals surface area contributed by atoms with Crippen molar-refractivity contribution in [3.05, 3.63) is 162 Å². The number of halogens is 8. The Morgan fingerprint density at radius 1 is 0.732 bits per heavy atom. The Kier molecular flexibility index (Phi) is 10.1. The lowest BCUT2D eigenvalue weighted by Crippen LogP contribution is -2.32. The van der Waals surface area contributed by atoms with Gasteiger partial charge in [-0.1, -0.05) is 94.2 Å². The molecule has 0 aromatic heterocycles. The third-order valence-corrected chi connectivity index (χ3v) is 12.7. The summed E-state index contributed by atoms with van der Waals surface area (Å²) in [6.07, 6.45) is -5.10. The molecule has 0 fully saturated rings. The minimum Gasteiger partial charge on any atom is -0.506 e. The van der Waals surface area contributed by atoms with Crippen molar-refractivity contribution in [1.29, 1.82) is 0 Å². The molecule has 4 nitrogen and oxygen atoms in total. The molecule has 0 saturated heterocycles. The number of alkyl halides is 6. The number of hydrogen-bond donors (Lipinski definition) is 1. The Hall–Kier alpha value is -4.42. The first-order chi connectivity index (χ1) is 26.2. The van der Waals surface area contributed by atoms with E-state index in [-0.39, 0.29) is 30.0 Å². The zero-order chi connectivity index (χ0) is 40.5. The summed E-state index contributed by atoms with van der Waals surface area (Å²) in [6.45, 7) is 8.04. The summed E-state index contributed by atoms with van der Waals surface area (Å²) in [5.74, 6) is -0.776. The molecule has 1 N–H and O–H groups in total. The topological polar surface area (TPSA) is 43.6 Å². The Labute approximate surface area is 337 Å². The van der Waals surface area contributed by atoms with Gasteiger partial charge in [0.1, 0.15) is 5.76 Å². The van der Waals surface area contributed by atoms with Gasteiger partial charge >= 0.3 is 12.4 Å². The number of ketones is 1. The summed E-state index contributed by atoms with van der Waals surface area (Å²) in [4.78, 5) is 15.8. The van der Waals surface area contributed by atoms with Gasteiger partial charge in [-0.15, -0.1) is 0 Å². The largest absolute Gasteiger partial charge is 0.506 e. The second-order valence-corrected chi connectivity index (χ2v) is 17.0. The highest BCUT2D eigenvalue weighted by Gasteiger charge is 2.49. The van der Waals surface area contributed by atoms with Crippen LogP contribution in [-0.4, -0.2) is 34.3 Å². The van der Waals surface area contributed by atoms with Crippen LogP contribution in [-0.2, 0) is 40.8 Å². The first kappa shape index (κ1) is 39.8. The maximum atomic E-state index is 14.1. The van der Waals surface area contributed by atoms with E-state index in [1.165, 1.54) is 12.1 Å². The molecule has 3 aliphatic rings. The Morgan fingerprint density at radius 3 is 1.86 bits per heavy atom. The van der Waals surface area contributed by atoms with Crippen LogP contribution in [0.15, 0.2) is 129 Å². The first-order valence-corrected chi connectivity index (χ1v) is 19.5. The van der Waals surface area contributed by atoms with Gasteiger partial charge in [-0.2, -0.15) is 30.9 Å². The number of allylic oxidation sites excluding steroid dienone is 5. The molecule has 0 bridgehead atoms. The second-order valence-electron chi connectivity index (χ2n) is 15.3. The average molecular weight is 900 g/mol. The zero-order valence-corrected chi connectivity index (χ0v) is 34.0. The van der Waals surface area contributed by atoms with Crippen molar-refractivity contribution in [2.24, 2.45) is 0 Å². The molecule has 1 aliphatic carbocycles. The lowest BCUT2D eigenvalue weighted by atomic mass is 9.77. The van der Waals surface area contributed by atoms with Gasteiger partial charge in [0.25, 0.3) is 0 Å². The van der Waals surface area contributed by atoms with Crippen molar-refractivity contribution < 1.29 is 40.8 Å². The highest BCUT2D eigenvalue weighted by atomic mass is 79.9. The fourth-order valence-electron chi connectivity index (χ4n) is 7.98. The van der Waals surface area contributed by atoms with Crippen LogP contribution in [0, 0.1) is 0 Å². The van der Waals surface area contributed by atoms with E-state index in [1.54, 1.807) is 21.6 Å². The summed E-state index contributed by atoms with van der Waals surface area (Å²) < 4.78 is 87.3. The molecule has 2 aliphatic heterocycles.